The Balaban J connectivity index is 0.00000161. The highest BCUT2D eigenvalue weighted by Gasteiger charge is 2.31. The van der Waals surface area contributed by atoms with Crippen LogP contribution >= 0.6 is 12.4 Å². The molecule has 3 nitrogen and oxygen atoms in total. The number of hydrogen-bond donors (Lipinski definition) is 1. The summed E-state index contributed by atoms with van der Waals surface area (Å²) in [4.78, 5) is 12.2. The summed E-state index contributed by atoms with van der Waals surface area (Å²) in [5.41, 5.74) is 1.66. The maximum absolute atomic E-state index is 12.2. The first kappa shape index (κ1) is 15.5. The quantitative estimate of drug-likeness (QED) is 0.881. The average Bonchev–Trinajstić information content (AvgIpc) is 2.46. The van der Waals surface area contributed by atoms with E-state index in [9.17, 15) is 4.79 Å². The molecule has 3 rings (SSSR count). The number of benzene rings is 2. The largest absolute Gasteiger partial charge is 0.453 e. The second kappa shape index (κ2) is 7.25. The van der Waals surface area contributed by atoms with Gasteiger partial charge in [0.2, 0.25) is 0 Å². The second-order valence-electron chi connectivity index (χ2n) is 5.02. The number of halogens is 1. The highest BCUT2D eigenvalue weighted by molar-refractivity contribution is 5.89. The van der Waals surface area contributed by atoms with Crippen molar-refractivity contribution < 1.29 is 9.53 Å². The van der Waals surface area contributed by atoms with Crippen molar-refractivity contribution in [2.75, 3.05) is 13.1 Å². The van der Waals surface area contributed by atoms with E-state index < -0.39 is 0 Å². The van der Waals surface area contributed by atoms with E-state index in [1.165, 1.54) is 0 Å². The van der Waals surface area contributed by atoms with Gasteiger partial charge in [0.05, 0.1) is 5.56 Å². The van der Waals surface area contributed by atoms with E-state index in [4.69, 9.17) is 4.74 Å². The Hall–Kier alpha value is -1.84. The lowest BCUT2D eigenvalue weighted by Gasteiger charge is -2.34. The smallest absolute Gasteiger partial charge is 0.338 e. The van der Waals surface area contributed by atoms with E-state index in [0.29, 0.717) is 11.5 Å². The molecule has 1 aliphatic heterocycles. The molecule has 1 unspecified atom stereocenters. The highest BCUT2D eigenvalue weighted by atomic mass is 35.5. The topological polar surface area (TPSA) is 38.3 Å². The van der Waals surface area contributed by atoms with Crippen LogP contribution in [-0.4, -0.2) is 19.1 Å². The first-order valence-electron chi connectivity index (χ1n) is 6.86. The van der Waals surface area contributed by atoms with Crippen LogP contribution in [0.25, 0.3) is 0 Å². The monoisotopic (exact) mass is 303 g/mol. The molecule has 110 valence electrons. The molecule has 0 aromatic heterocycles. The molecule has 1 saturated heterocycles. The second-order valence-corrected chi connectivity index (χ2v) is 5.02. The van der Waals surface area contributed by atoms with Crippen molar-refractivity contribution in [3.05, 3.63) is 71.8 Å². The first-order valence-corrected chi connectivity index (χ1v) is 6.86. The zero-order chi connectivity index (χ0) is 13.8. The van der Waals surface area contributed by atoms with Gasteiger partial charge in [-0.15, -0.1) is 12.4 Å². The van der Waals surface area contributed by atoms with Crippen LogP contribution < -0.4 is 5.32 Å². The van der Waals surface area contributed by atoms with Gasteiger partial charge >= 0.3 is 5.97 Å². The summed E-state index contributed by atoms with van der Waals surface area (Å²) in [6.45, 7) is 1.78. The summed E-state index contributed by atoms with van der Waals surface area (Å²) in [5, 5.41) is 3.23. The summed E-state index contributed by atoms with van der Waals surface area (Å²) in [6.07, 6.45) is -0.176. The van der Waals surface area contributed by atoms with E-state index in [0.717, 1.165) is 18.7 Å². The Morgan fingerprint density at radius 3 is 2.10 bits per heavy atom. The van der Waals surface area contributed by atoms with E-state index in [1.807, 2.05) is 48.5 Å². The third-order valence-corrected chi connectivity index (χ3v) is 3.61. The van der Waals surface area contributed by atoms with E-state index in [2.05, 4.69) is 5.32 Å². The lowest BCUT2D eigenvalue weighted by molar-refractivity contribution is 0.00393. The van der Waals surface area contributed by atoms with Gasteiger partial charge in [-0.2, -0.15) is 0 Å². The van der Waals surface area contributed by atoms with Crippen LogP contribution in [0.5, 0.6) is 0 Å². The molecular formula is C17H18ClNO2. The summed E-state index contributed by atoms with van der Waals surface area (Å²) in [7, 11) is 0. The number of carbonyl (C=O) groups excluding carboxylic acids is 1. The normalized spacial score (nSPS) is 15.4. The zero-order valence-corrected chi connectivity index (χ0v) is 12.4. The molecule has 0 bridgehead atoms. The molecule has 0 saturated carbocycles. The maximum Gasteiger partial charge on any atom is 0.338 e. The van der Waals surface area contributed by atoms with Crippen molar-refractivity contribution in [1.82, 2.24) is 5.32 Å². The molecule has 2 aromatic carbocycles. The number of hydrogen-bond acceptors (Lipinski definition) is 3. The number of carbonyl (C=O) groups is 1. The third kappa shape index (κ3) is 3.63. The summed E-state index contributed by atoms with van der Waals surface area (Å²) in [6, 6.07) is 19.1. The van der Waals surface area contributed by atoms with Crippen molar-refractivity contribution in [2.24, 2.45) is 5.92 Å². The van der Waals surface area contributed by atoms with Gasteiger partial charge in [-0.3, -0.25) is 0 Å². The van der Waals surface area contributed by atoms with Gasteiger partial charge in [0.1, 0.15) is 6.10 Å². The number of rotatable bonds is 4. The fourth-order valence-corrected chi connectivity index (χ4v) is 2.36. The van der Waals surface area contributed by atoms with E-state index in [-0.39, 0.29) is 24.5 Å². The number of ether oxygens (including phenoxy) is 1. The molecule has 1 heterocycles. The van der Waals surface area contributed by atoms with Gasteiger partial charge in [-0.1, -0.05) is 48.5 Å². The van der Waals surface area contributed by atoms with Crippen molar-refractivity contribution in [3.8, 4) is 0 Å². The van der Waals surface area contributed by atoms with Crippen molar-refractivity contribution in [3.63, 3.8) is 0 Å². The van der Waals surface area contributed by atoms with E-state index >= 15 is 0 Å². The molecule has 1 aliphatic rings. The Morgan fingerprint density at radius 2 is 1.57 bits per heavy atom. The lowest BCUT2D eigenvalue weighted by atomic mass is 9.91. The first-order chi connectivity index (χ1) is 9.84. The van der Waals surface area contributed by atoms with Crippen LogP contribution in [0, 0.1) is 5.92 Å². The maximum atomic E-state index is 12.2. The molecule has 0 spiro atoms. The lowest BCUT2D eigenvalue weighted by Crippen LogP contribution is -2.46. The van der Waals surface area contributed by atoms with Crippen LogP contribution in [0.4, 0.5) is 0 Å². The minimum atomic E-state index is -0.258. The van der Waals surface area contributed by atoms with Gasteiger partial charge in [0, 0.05) is 19.0 Å². The predicted molar refractivity (Wildman–Crippen MR) is 84.6 cm³/mol. The Labute approximate surface area is 130 Å². The number of esters is 1. The van der Waals surface area contributed by atoms with Crippen LogP contribution in [-0.2, 0) is 4.74 Å². The van der Waals surface area contributed by atoms with Gasteiger partial charge < -0.3 is 10.1 Å². The molecule has 0 amide bonds. The molecule has 1 N–H and O–H groups in total. The van der Waals surface area contributed by atoms with Gasteiger partial charge in [-0.25, -0.2) is 4.79 Å². The highest BCUT2D eigenvalue weighted by Crippen LogP contribution is 2.29. The molecule has 0 radical (unpaired) electrons. The van der Waals surface area contributed by atoms with E-state index in [1.54, 1.807) is 12.1 Å². The van der Waals surface area contributed by atoms with Gasteiger partial charge in [0.15, 0.2) is 0 Å². The Kier molecular flexibility index (Phi) is 5.37. The van der Waals surface area contributed by atoms with Crippen molar-refractivity contribution in [2.45, 2.75) is 6.10 Å². The summed E-state index contributed by atoms with van der Waals surface area (Å²) in [5.74, 6) is 0.0939. The Morgan fingerprint density at radius 1 is 1.00 bits per heavy atom. The molecular weight excluding hydrogens is 286 g/mol. The SMILES string of the molecule is Cl.O=C(OC(c1ccccc1)C1CNC1)c1ccccc1. The average molecular weight is 304 g/mol. The molecule has 1 atom stereocenters. The number of nitrogens with one attached hydrogen (secondary N) is 1. The minimum Gasteiger partial charge on any atom is -0.453 e. The summed E-state index contributed by atoms with van der Waals surface area (Å²) >= 11 is 0. The zero-order valence-electron chi connectivity index (χ0n) is 11.6. The van der Waals surface area contributed by atoms with Crippen LogP contribution in [0.3, 0.4) is 0 Å². The molecule has 4 heteroatoms. The third-order valence-electron chi connectivity index (χ3n) is 3.61. The van der Waals surface area contributed by atoms with Gasteiger partial charge in [0.25, 0.3) is 0 Å². The summed E-state index contributed by atoms with van der Waals surface area (Å²) < 4.78 is 5.75. The predicted octanol–water partition coefficient (Wildman–Crippen LogP) is 3.23. The van der Waals surface area contributed by atoms with Crippen molar-refractivity contribution in [1.29, 1.82) is 0 Å². The molecule has 1 fully saturated rings. The fraction of sp³-hybridized carbons (Fsp3) is 0.235. The van der Waals surface area contributed by atoms with Crippen LogP contribution in [0.15, 0.2) is 60.7 Å². The molecule has 0 aliphatic carbocycles. The fourth-order valence-electron chi connectivity index (χ4n) is 2.36. The van der Waals surface area contributed by atoms with Crippen LogP contribution in [0.1, 0.15) is 22.0 Å². The van der Waals surface area contributed by atoms with Gasteiger partial charge in [-0.05, 0) is 17.7 Å². The Bertz CT molecular complexity index is 570. The minimum absolute atomic E-state index is 0. The van der Waals surface area contributed by atoms with Crippen LogP contribution in [0.2, 0.25) is 0 Å². The van der Waals surface area contributed by atoms with Crippen molar-refractivity contribution >= 4 is 18.4 Å². The molecule has 21 heavy (non-hydrogen) atoms. The standard InChI is InChI=1S/C17H17NO2.ClH/c19-17(14-9-5-2-6-10-14)20-16(15-11-18-12-15)13-7-3-1-4-8-13;/h1-10,15-16,18H,11-12H2;1H. The molecule has 2 aromatic rings.